The quantitative estimate of drug-likeness (QED) is 0.420. The highest BCUT2D eigenvalue weighted by atomic mass is 32.2. The standard InChI is InChI=1S/C15H11FN6OS2/c16-9-3-1-2-8(6-9)13-20-21-15(22(13)17)25-7-11-18-10-4-5-24-12(10)14(23)19-11/h1-6H,7,17H2,(H,18,19,23). The van der Waals surface area contributed by atoms with Gasteiger partial charge in [-0.2, -0.15) is 0 Å². The van der Waals surface area contributed by atoms with Crippen LogP contribution < -0.4 is 11.4 Å². The Bertz CT molecular complexity index is 1120. The number of H-pyrrole nitrogens is 1. The average molecular weight is 374 g/mol. The maximum atomic E-state index is 13.4. The van der Waals surface area contributed by atoms with Crippen molar-refractivity contribution in [1.82, 2.24) is 24.8 Å². The number of nitrogens with two attached hydrogens (primary N) is 1. The lowest BCUT2D eigenvalue weighted by atomic mass is 10.2. The van der Waals surface area contributed by atoms with Gasteiger partial charge in [0.05, 0.1) is 11.3 Å². The number of aromatic amines is 1. The van der Waals surface area contributed by atoms with Gasteiger partial charge in [0, 0.05) is 5.56 Å². The molecule has 4 rings (SSSR count). The summed E-state index contributed by atoms with van der Waals surface area (Å²) in [6.45, 7) is 0. The van der Waals surface area contributed by atoms with Gasteiger partial charge in [0.1, 0.15) is 16.3 Å². The summed E-state index contributed by atoms with van der Waals surface area (Å²) >= 11 is 2.63. The second-order valence-electron chi connectivity index (χ2n) is 5.12. The molecular formula is C15H11FN6OS2. The Labute approximate surface area is 148 Å². The lowest BCUT2D eigenvalue weighted by Gasteiger charge is -2.04. The minimum atomic E-state index is -0.374. The van der Waals surface area contributed by atoms with E-state index in [1.807, 2.05) is 5.38 Å². The van der Waals surface area contributed by atoms with Crippen LogP contribution in [0.15, 0.2) is 45.7 Å². The number of nitrogen functional groups attached to an aromatic ring is 1. The van der Waals surface area contributed by atoms with Gasteiger partial charge in [0.15, 0.2) is 5.82 Å². The zero-order chi connectivity index (χ0) is 17.4. The number of fused-ring (bicyclic) bond motifs is 1. The molecule has 7 nitrogen and oxygen atoms in total. The number of thiophene rings is 1. The van der Waals surface area contributed by atoms with Crippen LogP contribution >= 0.6 is 23.1 Å². The summed E-state index contributed by atoms with van der Waals surface area (Å²) in [6, 6.07) is 7.77. The lowest BCUT2D eigenvalue weighted by molar-refractivity contribution is 0.628. The third-order valence-electron chi connectivity index (χ3n) is 3.45. The molecule has 0 fully saturated rings. The van der Waals surface area contributed by atoms with Gasteiger partial charge in [0.2, 0.25) is 5.16 Å². The molecule has 3 heterocycles. The Balaban J connectivity index is 1.58. The molecule has 4 aromatic rings. The van der Waals surface area contributed by atoms with Crippen molar-refractivity contribution < 1.29 is 4.39 Å². The number of hydrogen-bond acceptors (Lipinski definition) is 7. The van der Waals surface area contributed by atoms with Gasteiger partial charge < -0.3 is 10.8 Å². The molecule has 0 aliphatic carbocycles. The van der Waals surface area contributed by atoms with Crippen molar-refractivity contribution in [2.75, 3.05) is 5.84 Å². The van der Waals surface area contributed by atoms with Crippen LogP contribution in [0.4, 0.5) is 4.39 Å². The number of halogens is 1. The first-order valence-electron chi connectivity index (χ1n) is 7.17. The van der Waals surface area contributed by atoms with E-state index in [4.69, 9.17) is 5.84 Å². The SMILES string of the molecule is Nn1c(SCc2nc3ccsc3c(=O)[nH]2)nnc1-c1cccc(F)c1. The highest BCUT2D eigenvalue weighted by Gasteiger charge is 2.14. The van der Waals surface area contributed by atoms with E-state index >= 15 is 0 Å². The number of rotatable bonds is 4. The minimum absolute atomic E-state index is 0.162. The van der Waals surface area contributed by atoms with Crippen molar-refractivity contribution in [1.29, 1.82) is 0 Å². The van der Waals surface area contributed by atoms with E-state index in [0.29, 0.717) is 38.3 Å². The van der Waals surface area contributed by atoms with Crippen LogP contribution in [-0.4, -0.2) is 24.8 Å². The Morgan fingerprint density at radius 2 is 2.20 bits per heavy atom. The maximum absolute atomic E-state index is 13.4. The van der Waals surface area contributed by atoms with Crippen molar-refractivity contribution >= 4 is 33.3 Å². The molecule has 1 aromatic carbocycles. The fraction of sp³-hybridized carbons (Fsp3) is 0.0667. The number of hydrogen-bond donors (Lipinski definition) is 2. The van der Waals surface area contributed by atoms with Gasteiger partial charge in [0.25, 0.3) is 5.56 Å². The Hall–Kier alpha value is -2.72. The molecule has 0 bridgehead atoms. The number of benzene rings is 1. The first-order valence-corrected chi connectivity index (χ1v) is 9.04. The van der Waals surface area contributed by atoms with Crippen LogP contribution in [0.1, 0.15) is 5.82 Å². The molecular weight excluding hydrogens is 363 g/mol. The molecule has 25 heavy (non-hydrogen) atoms. The predicted molar refractivity (Wildman–Crippen MR) is 95.4 cm³/mol. The first kappa shape index (κ1) is 15.8. The number of nitrogens with zero attached hydrogens (tertiary/aromatic N) is 4. The normalized spacial score (nSPS) is 11.2. The molecule has 0 atom stereocenters. The minimum Gasteiger partial charge on any atom is -0.335 e. The van der Waals surface area contributed by atoms with Gasteiger partial charge in [-0.3, -0.25) is 4.79 Å². The molecule has 0 spiro atoms. The van der Waals surface area contributed by atoms with Crippen LogP contribution in [0.3, 0.4) is 0 Å². The summed E-state index contributed by atoms with van der Waals surface area (Å²) in [6.07, 6.45) is 0. The van der Waals surface area contributed by atoms with E-state index in [2.05, 4.69) is 20.2 Å². The second-order valence-corrected chi connectivity index (χ2v) is 6.98. The average Bonchev–Trinajstić information content (AvgIpc) is 3.20. The molecule has 0 saturated carbocycles. The lowest BCUT2D eigenvalue weighted by Crippen LogP contribution is -2.12. The summed E-state index contributed by atoms with van der Waals surface area (Å²) in [4.78, 5) is 19.1. The zero-order valence-electron chi connectivity index (χ0n) is 12.6. The van der Waals surface area contributed by atoms with E-state index in [1.165, 1.54) is 39.9 Å². The largest absolute Gasteiger partial charge is 0.335 e. The van der Waals surface area contributed by atoms with E-state index in [1.54, 1.807) is 18.2 Å². The van der Waals surface area contributed by atoms with Crippen molar-refractivity contribution in [2.24, 2.45) is 0 Å². The molecule has 10 heteroatoms. The summed E-state index contributed by atoms with van der Waals surface area (Å²) in [5, 5.41) is 10.3. The number of aromatic nitrogens is 5. The van der Waals surface area contributed by atoms with Crippen LogP contribution in [-0.2, 0) is 5.75 Å². The highest BCUT2D eigenvalue weighted by Crippen LogP contribution is 2.24. The van der Waals surface area contributed by atoms with Crippen molar-refractivity contribution in [3.63, 3.8) is 0 Å². The maximum Gasteiger partial charge on any atom is 0.268 e. The molecule has 0 saturated heterocycles. The number of nitrogens with one attached hydrogen (secondary N) is 1. The van der Waals surface area contributed by atoms with Gasteiger partial charge in [-0.1, -0.05) is 23.9 Å². The Morgan fingerprint density at radius 3 is 3.04 bits per heavy atom. The summed E-state index contributed by atoms with van der Waals surface area (Å²) in [7, 11) is 0. The molecule has 3 N–H and O–H groups in total. The third-order valence-corrected chi connectivity index (χ3v) is 5.31. The topological polar surface area (TPSA) is 102 Å². The molecule has 0 aliphatic rings. The van der Waals surface area contributed by atoms with Gasteiger partial charge in [-0.25, -0.2) is 14.1 Å². The smallest absolute Gasteiger partial charge is 0.268 e. The molecule has 0 aliphatic heterocycles. The molecule has 126 valence electrons. The zero-order valence-corrected chi connectivity index (χ0v) is 14.3. The monoisotopic (exact) mass is 374 g/mol. The summed E-state index contributed by atoms with van der Waals surface area (Å²) < 4.78 is 15.2. The van der Waals surface area contributed by atoms with Gasteiger partial charge in [-0.15, -0.1) is 21.5 Å². The molecule has 0 radical (unpaired) electrons. The first-order chi connectivity index (χ1) is 12.1. The van der Waals surface area contributed by atoms with Crippen LogP contribution in [0.5, 0.6) is 0 Å². The Morgan fingerprint density at radius 1 is 1.32 bits per heavy atom. The van der Waals surface area contributed by atoms with E-state index < -0.39 is 0 Å². The van der Waals surface area contributed by atoms with Crippen LogP contribution in [0.2, 0.25) is 0 Å². The van der Waals surface area contributed by atoms with Crippen molar-refractivity contribution in [3.8, 4) is 11.4 Å². The van der Waals surface area contributed by atoms with E-state index in [-0.39, 0.29) is 11.4 Å². The van der Waals surface area contributed by atoms with Gasteiger partial charge >= 0.3 is 0 Å². The fourth-order valence-electron chi connectivity index (χ4n) is 2.32. The second kappa shape index (κ2) is 6.30. The van der Waals surface area contributed by atoms with E-state index in [0.717, 1.165) is 0 Å². The summed E-state index contributed by atoms with van der Waals surface area (Å²) in [5.74, 6) is 6.89. The van der Waals surface area contributed by atoms with Crippen molar-refractivity contribution in [2.45, 2.75) is 10.9 Å². The van der Waals surface area contributed by atoms with Crippen LogP contribution in [0, 0.1) is 5.82 Å². The summed E-state index contributed by atoms with van der Waals surface area (Å²) in [5.41, 5.74) is 1.04. The molecule has 3 aromatic heterocycles. The highest BCUT2D eigenvalue weighted by molar-refractivity contribution is 7.98. The van der Waals surface area contributed by atoms with Crippen molar-refractivity contribution in [3.05, 3.63) is 57.7 Å². The third kappa shape index (κ3) is 3.01. The van der Waals surface area contributed by atoms with Crippen LogP contribution in [0.25, 0.3) is 21.6 Å². The fourth-order valence-corrected chi connectivity index (χ4v) is 3.77. The van der Waals surface area contributed by atoms with E-state index in [9.17, 15) is 9.18 Å². The predicted octanol–water partition coefficient (Wildman–Crippen LogP) is 2.39. The van der Waals surface area contributed by atoms with Gasteiger partial charge in [-0.05, 0) is 23.6 Å². The molecule has 0 amide bonds. The number of thioether (sulfide) groups is 1. The molecule has 0 unspecified atom stereocenters. The Kier molecular flexibility index (Phi) is 3.98.